The lowest BCUT2D eigenvalue weighted by molar-refractivity contribution is -0.118. The number of ketones is 1. The molecule has 84 valence electrons. The van der Waals surface area contributed by atoms with Gasteiger partial charge in [0.2, 0.25) is 0 Å². The van der Waals surface area contributed by atoms with E-state index in [1.165, 1.54) is 16.8 Å². The van der Waals surface area contributed by atoms with Gasteiger partial charge >= 0.3 is 0 Å². The van der Waals surface area contributed by atoms with Crippen molar-refractivity contribution in [1.82, 2.24) is 5.32 Å². The summed E-state index contributed by atoms with van der Waals surface area (Å²) in [5, 5.41) is 4.36. The first-order chi connectivity index (χ1) is 7.58. The Bertz CT molecular complexity index is 472. The number of Topliss-reactive ketones (excluding diaryl/α,β-unsaturated/α-hetero) is 1. The van der Waals surface area contributed by atoms with Crippen LogP contribution in [0.25, 0.3) is 0 Å². The minimum atomic E-state index is -0.0341. The third-order valence-electron chi connectivity index (χ3n) is 3.73. The van der Waals surface area contributed by atoms with Crippen LogP contribution in [0.4, 0.5) is 0 Å². The summed E-state index contributed by atoms with van der Waals surface area (Å²) < 4.78 is 0. The Balaban J connectivity index is 2.07. The molecule has 0 aromatic rings. The van der Waals surface area contributed by atoms with Crippen molar-refractivity contribution < 1.29 is 4.79 Å². The lowest BCUT2D eigenvalue weighted by atomic mass is 9.81. The van der Waals surface area contributed by atoms with Gasteiger partial charge in [-0.15, -0.1) is 0 Å². The maximum atomic E-state index is 11.5. The fourth-order valence-electron chi connectivity index (χ4n) is 2.84. The van der Waals surface area contributed by atoms with Crippen LogP contribution in [-0.2, 0) is 4.79 Å². The number of fused-ring (bicyclic) bond motifs is 2. The van der Waals surface area contributed by atoms with E-state index in [2.05, 4.69) is 12.2 Å². The molecule has 0 amide bonds. The van der Waals surface area contributed by atoms with Crippen molar-refractivity contribution in [3.63, 3.8) is 0 Å². The molecule has 0 bridgehead atoms. The zero-order valence-corrected chi connectivity index (χ0v) is 10.0. The zero-order chi connectivity index (χ0) is 11.3. The molecule has 0 spiro atoms. The summed E-state index contributed by atoms with van der Waals surface area (Å²) >= 11 is 6.06. The summed E-state index contributed by atoms with van der Waals surface area (Å²) in [4.78, 5) is 11.5. The molecule has 3 rings (SSSR count). The van der Waals surface area contributed by atoms with Gasteiger partial charge in [-0.2, -0.15) is 0 Å². The summed E-state index contributed by atoms with van der Waals surface area (Å²) in [6.45, 7) is 2.18. The van der Waals surface area contributed by atoms with Gasteiger partial charge in [-0.25, -0.2) is 0 Å². The van der Waals surface area contributed by atoms with Crippen LogP contribution in [0.1, 0.15) is 32.6 Å². The van der Waals surface area contributed by atoms with Crippen LogP contribution < -0.4 is 5.32 Å². The van der Waals surface area contributed by atoms with Gasteiger partial charge in [0.1, 0.15) is 5.78 Å². The second kappa shape index (κ2) is 3.24. The van der Waals surface area contributed by atoms with Gasteiger partial charge in [0.25, 0.3) is 0 Å². The Morgan fingerprint density at radius 1 is 1.44 bits per heavy atom. The van der Waals surface area contributed by atoms with Gasteiger partial charge < -0.3 is 5.32 Å². The molecule has 1 unspecified atom stereocenters. The van der Waals surface area contributed by atoms with Crippen molar-refractivity contribution in [3.05, 3.63) is 34.0 Å². The van der Waals surface area contributed by atoms with Gasteiger partial charge in [-0.3, -0.25) is 4.79 Å². The molecule has 0 aromatic carbocycles. The van der Waals surface area contributed by atoms with E-state index in [0.717, 1.165) is 17.9 Å². The predicted molar refractivity (Wildman–Crippen MR) is 64.1 cm³/mol. The van der Waals surface area contributed by atoms with Crippen molar-refractivity contribution in [2.24, 2.45) is 0 Å². The Hall–Kier alpha value is -1.02. The number of allylic oxidation sites excluding steroid dienone is 3. The van der Waals surface area contributed by atoms with E-state index in [1.54, 1.807) is 0 Å². The monoisotopic (exact) mass is 235 g/mol. The van der Waals surface area contributed by atoms with Crippen LogP contribution in [0.3, 0.4) is 0 Å². The highest BCUT2D eigenvalue weighted by Gasteiger charge is 2.41. The highest BCUT2D eigenvalue weighted by Crippen LogP contribution is 2.44. The summed E-state index contributed by atoms with van der Waals surface area (Å²) in [5.41, 5.74) is 3.65. The lowest BCUT2D eigenvalue weighted by Gasteiger charge is -2.30. The molecule has 0 fully saturated rings. The van der Waals surface area contributed by atoms with Crippen LogP contribution in [0.2, 0.25) is 0 Å². The SMILES string of the molecule is CC12CC=C(Cl)C=C1C1=C(CCC(=O)C1)N2. The third kappa shape index (κ3) is 1.36. The highest BCUT2D eigenvalue weighted by atomic mass is 35.5. The average molecular weight is 236 g/mol. The average Bonchev–Trinajstić information content (AvgIpc) is 2.52. The standard InChI is InChI=1S/C13H14ClNO/c1-13-5-4-8(14)6-11(13)10-7-9(16)2-3-12(10)15-13/h4,6,15H,2-3,5,7H2,1H3. The minimum absolute atomic E-state index is 0.0341. The Kier molecular flexibility index (Phi) is 2.05. The molecule has 3 heteroatoms. The summed E-state index contributed by atoms with van der Waals surface area (Å²) in [6.07, 6.45) is 7.07. The maximum Gasteiger partial charge on any atom is 0.137 e. The molecule has 3 aliphatic rings. The van der Waals surface area contributed by atoms with Gasteiger partial charge in [-0.05, 0) is 37.0 Å². The third-order valence-corrected chi connectivity index (χ3v) is 3.99. The fourth-order valence-corrected chi connectivity index (χ4v) is 3.03. The van der Waals surface area contributed by atoms with Crippen molar-refractivity contribution in [1.29, 1.82) is 0 Å². The van der Waals surface area contributed by atoms with Crippen molar-refractivity contribution in [2.75, 3.05) is 0 Å². The molecule has 0 aromatic heterocycles. The van der Waals surface area contributed by atoms with Crippen LogP contribution in [0.15, 0.2) is 34.0 Å². The predicted octanol–water partition coefficient (Wildman–Crippen LogP) is 2.81. The van der Waals surface area contributed by atoms with Crippen LogP contribution in [0, 0.1) is 0 Å². The fraction of sp³-hybridized carbons (Fsp3) is 0.462. The summed E-state index contributed by atoms with van der Waals surface area (Å²) in [6, 6.07) is 0. The molecule has 1 N–H and O–H groups in total. The molecule has 0 radical (unpaired) electrons. The first-order valence-electron chi connectivity index (χ1n) is 5.69. The van der Waals surface area contributed by atoms with Crippen LogP contribution in [-0.4, -0.2) is 11.3 Å². The number of rotatable bonds is 0. The lowest BCUT2D eigenvalue weighted by Crippen LogP contribution is -2.39. The summed E-state index contributed by atoms with van der Waals surface area (Å²) in [5.74, 6) is 0.344. The topological polar surface area (TPSA) is 29.1 Å². The quantitative estimate of drug-likeness (QED) is 0.700. The molecule has 0 saturated heterocycles. The number of halogens is 1. The molecular weight excluding hydrogens is 222 g/mol. The van der Waals surface area contributed by atoms with Crippen molar-refractivity contribution >= 4 is 17.4 Å². The molecule has 16 heavy (non-hydrogen) atoms. The molecule has 1 aliphatic heterocycles. The van der Waals surface area contributed by atoms with E-state index in [0.29, 0.717) is 18.6 Å². The Morgan fingerprint density at radius 3 is 3.06 bits per heavy atom. The van der Waals surface area contributed by atoms with E-state index in [4.69, 9.17) is 11.6 Å². The molecule has 2 aliphatic carbocycles. The van der Waals surface area contributed by atoms with E-state index in [-0.39, 0.29) is 5.54 Å². The number of hydrogen-bond acceptors (Lipinski definition) is 2. The van der Waals surface area contributed by atoms with E-state index >= 15 is 0 Å². The number of carbonyl (C=O) groups is 1. The number of carbonyl (C=O) groups excluding carboxylic acids is 1. The number of hydrogen-bond donors (Lipinski definition) is 1. The molecule has 2 nitrogen and oxygen atoms in total. The maximum absolute atomic E-state index is 11.5. The zero-order valence-electron chi connectivity index (χ0n) is 9.27. The van der Waals surface area contributed by atoms with Crippen molar-refractivity contribution in [3.8, 4) is 0 Å². The smallest absolute Gasteiger partial charge is 0.137 e. The first-order valence-corrected chi connectivity index (χ1v) is 6.06. The second-order valence-electron chi connectivity index (χ2n) is 4.98. The Labute approximate surface area is 100 Å². The normalized spacial score (nSPS) is 32.8. The largest absolute Gasteiger partial charge is 0.379 e. The van der Waals surface area contributed by atoms with Crippen LogP contribution >= 0.6 is 11.6 Å². The summed E-state index contributed by atoms with van der Waals surface area (Å²) in [7, 11) is 0. The van der Waals surface area contributed by atoms with E-state index < -0.39 is 0 Å². The highest BCUT2D eigenvalue weighted by molar-refractivity contribution is 6.31. The van der Waals surface area contributed by atoms with Crippen LogP contribution in [0.5, 0.6) is 0 Å². The van der Waals surface area contributed by atoms with Gasteiger partial charge in [0.15, 0.2) is 0 Å². The van der Waals surface area contributed by atoms with E-state index in [1.807, 2.05) is 12.2 Å². The molecular formula is C13H14ClNO. The van der Waals surface area contributed by atoms with Gasteiger partial charge in [-0.1, -0.05) is 17.7 Å². The molecule has 0 saturated carbocycles. The minimum Gasteiger partial charge on any atom is -0.379 e. The first kappa shape index (κ1) is 10.2. The van der Waals surface area contributed by atoms with Gasteiger partial charge in [0, 0.05) is 23.6 Å². The van der Waals surface area contributed by atoms with Gasteiger partial charge in [0.05, 0.1) is 5.54 Å². The van der Waals surface area contributed by atoms with Crippen molar-refractivity contribution in [2.45, 2.75) is 38.1 Å². The second-order valence-corrected chi connectivity index (χ2v) is 5.42. The molecule has 1 heterocycles. The Morgan fingerprint density at radius 2 is 2.25 bits per heavy atom. The molecule has 1 atom stereocenters. The van der Waals surface area contributed by atoms with E-state index in [9.17, 15) is 4.79 Å². The number of nitrogens with one attached hydrogen (secondary N) is 1.